The molecule has 0 radical (unpaired) electrons. The van der Waals surface area contributed by atoms with E-state index in [9.17, 15) is 4.79 Å². The minimum absolute atomic E-state index is 0.0399. The van der Waals surface area contributed by atoms with E-state index < -0.39 is 0 Å². The zero-order valence-electron chi connectivity index (χ0n) is 11.7. The molecule has 2 saturated carbocycles. The Morgan fingerprint density at radius 1 is 1.33 bits per heavy atom. The van der Waals surface area contributed by atoms with Gasteiger partial charge in [-0.25, -0.2) is 0 Å². The zero-order valence-corrected chi connectivity index (χ0v) is 11.7. The number of carbonyl (C=O) groups is 1. The standard InChI is InChI=1S/C16H24O2/c1-10-8-14(13-9-12(10)16(13,2)3)18-15(17)11-6-4-5-7-11/h8,11-14H,4-7,9H2,1-3H3. The average Bonchev–Trinajstić information content (AvgIpc) is 2.80. The summed E-state index contributed by atoms with van der Waals surface area (Å²) in [7, 11) is 0. The van der Waals surface area contributed by atoms with E-state index in [0.29, 0.717) is 17.3 Å². The molecular weight excluding hydrogens is 224 g/mol. The van der Waals surface area contributed by atoms with Crippen LogP contribution in [0.25, 0.3) is 0 Å². The van der Waals surface area contributed by atoms with Crippen LogP contribution in [0.2, 0.25) is 0 Å². The molecule has 0 spiro atoms. The molecule has 0 aromatic rings. The number of hydrogen-bond donors (Lipinski definition) is 0. The lowest BCUT2D eigenvalue weighted by atomic mass is 9.48. The van der Waals surface area contributed by atoms with Crippen molar-refractivity contribution in [2.45, 2.75) is 59.0 Å². The van der Waals surface area contributed by atoms with E-state index in [1.165, 1.54) is 24.8 Å². The summed E-state index contributed by atoms with van der Waals surface area (Å²) in [6.45, 7) is 6.83. The van der Waals surface area contributed by atoms with Crippen molar-refractivity contribution in [3.63, 3.8) is 0 Å². The minimum Gasteiger partial charge on any atom is -0.458 e. The highest BCUT2D eigenvalue weighted by Crippen LogP contribution is 2.59. The smallest absolute Gasteiger partial charge is 0.309 e. The van der Waals surface area contributed by atoms with Crippen LogP contribution in [0.1, 0.15) is 52.9 Å². The monoisotopic (exact) mass is 248 g/mol. The van der Waals surface area contributed by atoms with Crippen LogP contribution < -0.4 is 0 Å². The highest BCUT2D eigenvalue weighted by Gasteiger charge is 2.55. The third-order valence-electron chi connectivity index (χ3n) is 5.66. The van der Waals surface area contributed by atoms with Crippen molar-refractivity contribution < 1.29 is 9.53 Å². The maximum absolute atomic E-state index is 12.1. The number of esters is 1. The van der Waals surface area contributed by atoms with E-state index in [0.717, 1.165) is 12.8 Å². The summed E-state index contributed by atoms with van der Waals surface area (Å²) in [5.74, 6) is 1.49. The fourth-order valence-corrected chi connectivity index (χ4v) is 4.29. The van der Waals surface area contributed by atoms with Gasteiger partial charge in [0.15, 0.2) is 0 Å². The first-order valence-corrected chi connectivity index (χ1v) is 7.39. The highest BCUT2D eigenvalue weighted by molar-refractivity contribution is 5.73. The first kappa shape index (κ1) is 12.3. The van der Waals surface area contributed by atoms with Gasteiger partial charge in [0.1, 0.15) is 6.10 Å². The first-order chi connectivity index (χ1) is 8.50. The summed E-state index contributed by atoms with van der Waals surface area (Å²) in [5.41, 5.74) is 1.74. The zero-order chi connectivity index (χ0) is 12.9. The van der Waals surface area contributed by atoms with Crippen molar-refractivity contribution in [2.75, 3.05) is 0 Å². The van der Waals surface area contributed by atoms with Crippen LogP contribution in [0.15, 0.2) is 11.6 Å². The van der Waals surface area contributed by atoms with Crippen molar-refractivity contribution in [3.05, 3.63) is 11.6 Å². The molecule has 3 unspecified atom stereocenters. The molecule has 2 fully saturated rings. The van der Waals surface area contributed by atoms with Gasteiger partial charge in [0.05, 0.1) is 5.92 Å². The van der Waals surface area contributed by atoms with Crippen molar-refractivity contribution in [1.82, 2.24) is 0 Å². The quantitative estimate of drug-likeness (QED) is 0.550. The van der Waals surface area contributed by atoms with Crippen molar-refractivity contribution in [2.24, 2.45) is 23.2 Å². The maximum atomic E-state index is 12.1. The molecule has 2 heteroatoms. The minimum atomic E-state index is 0.0399. The molecule has 0 heterocycles. The Hall–Kier alpha value is -0.790. The van der Waals surface area contributed by atoms with Gasteiger partial charge >= 0.3 is 5.97 Å². The van der Waals surface area contributed by atoms with Gasteiger partial charge in [0.2, 0.25) is 0 Å². The molecule has 0 aromatic carbocycles. The molecule has 2 nitrogen and oxygen atoms in total. The Bertz CT molecular complexity index is 388. The molecule has 100 valence electrons. The molecule has 2 bridgehead atoms. The molecule has 4 aliphatic rings. The molecule has 4 rings (SSSR count). The molecule has 0 aliphatic heterocycles. The maximum Gasteiger partial charge on any atom is 0.309 e. The van der Waals surface area contributed by atoms with E-state index in [1.807, 2.05) is 0 Å². The van der Waals surface area contributed by atoms with Crippen LogP contribution in [0.4, 0.5) is 0 Å². The second-order valence-corrected chi connectivity index (χ2v) is 7.01. The summed E-state index contributed by atoms with van der Waals surface area (Å²) in [4.78, 5) is 12.1. The van der Waals surface area contributed by atoms with Crippen LogP contribution in [0.3, 0.4) is 0 Å². The molecular formula is C16H24O2. The fraction of sp³-hybridized carbons (Fsp3) is 0.812. The lowest BCUT2D eigenvalue weighted by Crippen LogP contribution is -2.55. The summed E-state index contributed by atoms with van der Waals surface area (Å²) in [6, 6.07) is 0. The Balaban J connectivity index is 1.70. The molecule has 18 heavy (non-hydrogen) atoms. The van der Waals surface area contributed by atoms with Gasteiger partial charge in [-0.15, -0.1) is 0 Å². The van der Waals surface area contributed by atoms with Crippen molar-refractivity contribution in [3.8, 4) is 0 Å². The summed E-state index contributed by atoms with van der Waals surface area (Å²) >= 11 is 0. The molecule has 3 atom stereocenters. The number of fused-ring (bicyclic) bond motifs is 1. The predicted molar refractivity (Wildman–Crippen MR) is 71.0 cm³/mol. The molecule has 0 amide bonds. The Kier molecular flexibility index (Phi) is 2.80. The Morgan fingerprint density at radius 2 is 2.00 bits per heavy atom. The first-order valence-electron chi connectivity index (χ1n) is 7.39. The summed E-state index contributed by atoms with van der Waals surface area (Å²) < 4.78 is 5.82. The van der Waals surface area contributed by atoms with E-state index in [1.54, 1.807) is 0 Å². The number of carbonyl (C=O) groups excluding carboxylic acids is 1. The van der Waals surface area contributed by atoms with Gasteiger partial charge in [0.25, 0.3) is 0 Å². The van der Waals surface area contributed by atoms with Crippen LogP contribution in [0, 0.1) is 23.2 Å². The summed E-state index contributed by atoms with van der Waals surface area (Å²) in [5, 5.41) is 0. The number of ether oxygens (including phenoxy) is 1. The topological polar surface area (TPSA) is 26.3 Å². The Morgan fingerprint density at radius 3 is 2.56 bits per heavy atom. The van der Waals surface area contributed by atoms with Gasteiger partial charge in [-0.05, 0) is 43.6 Å². The highest BCUT2D eigenvalue weighted by atomic mass is 16.5. The van der Waals surface area contributed by atoms with Gasteiger partial charge in [-0.1, -0.05) is 32.3 Å². The van der Waals surface area contributed by atoms with E-state index in [2.05, 4.69) is 26.8 Å². The van der Waals surface area contributed by atoms with E-state index in [4.69, 9.17) is 4.74 Å². The summed E-state index contributed by atoms with van der Waals surface area (Å²) in [6.07, 6.45) is 7.90. The normalized spacial score (nSPS) is 37.9. The SMILES string of the molecule is CC1=CC(OC(=O)C2CCCC2)C2CC1C2(C)C. The van der Waals surface area contributed by atoms with E-state index >= 15 is 0 Å². The van der Waals surface area contributed by atoms with Crippen LogP contribution in [-0.4, -0.2) is 12.1 Å². The molecule has 0 aromatic heterocycles. The van der Waals surface area contributed by atoms with E-state index in [-0.39, 0.29) is 18.0 Å². The van der Waals surface area contributed by atoms with Crippen LogP contribution in [-0.2, 0) is 9.53 Å². The fourth-order valence-electron chi connectivity index (χ4n) is 4.29. The average molecular weight is 248 g/mol. The van der Waals surface area contributed by atoms with Gasteiger partial charge in [0, 0.05) is 5.92 Å². The van der Waals surface area contributed by atoms with Crippen LogP contribution in [0.5, 0.6) is 0 Å². The van der Waals surface area contributed by atoms with Crippen molar-refractivity contribution in [1.29, 1.82) is 0 Å². The number of allylic oxidation sites excluding steroid dienone is 1. The largest absolute Gasteiger partial charge is 0.458 e. The molecule has 0 saturated heterocycles. The second-order valence-electron chi connectivity index (χ2n) is 7.01. The number of hydrogen-bond acceptors (Lipinski definition) is 2. The predicted octanol–water partition coefficient (Wildman–Crippen LogP) is 3.71. The number of rotatable bonds is 2. The molecule has 4 aliphatic carbocycles. The van der Waals surface area contributed by atoms with Gasteiger partial charge < -0.3 is 4.74 Å². The third kappa shape index (κ3) is 1.72. The van der Waals surface area contributed by atoms with Crippen LogP contribution >= 0.6 is 0 Å². The second kappa shape index (κ2) is 4.11. The van der Waals surface area contributed by atoms with Gasteiger partial charge in [-0.2, -0.15) is 0 Å². The van der Waals surface area contributed by atoms with Crippen molar-refractivity contribution >= 4 is 5.97 Å². The lowest BCUT2D eigenvalue weighted by Gasteiger charge is -2.58. The van der Waals surface area contributed by atoms with Gasteiger partial charge in [-0.3, -0.25) is 4.79 Å². The lowest BCUT2D eigenvalue weighted by molar-refractivity contribution is -0.165. The third-order valence-corrected chi connectivity index (χ3v) is 5.66. The molecule has 0 N–H and O–H groups in total. The Labute approximate surface area is 110 Å².